The highest BCUT2D eigenvalue weighted by Crippen LogP contribution is 2.47. The van der Waals surface area contributed by atoms with Crippen molar-refractivity contribution in [2.24, 2.45) is 0 Å². The molecule has 0 unspecified atom stereocenters. The van der Waals surface area contributed by atoms with Gasteiger partial charge in [-0.15, -0.1) is 11.3 Å². The molecule has 0 bridgehead atoms. The van der Waals surface area contributed by atoms with Crippen molar-refractivity contribution in [3.63, 3.8) is 0 Å². The van der Waals surface area contributed by atoms with Crippen molar-refractivity contribution in [1.82, 2.24) is 4.98 Å². The summed E-state index contributed by atoms with van der Waals surface area (Å²) in [5.41, 5.74) is 4.87. The van der Waals surface area contributed by atoms with Gasteiger partial charge in [0.05, 0.1) is 24.4 Å². The van der Waals surface area contributed by atoms with Crippen molar-refractivity contribution >= 4 is 22.0 Å². The second kappa shape index (κ2) is 7.22. The number of allylic oxidation sites excluding steroid dienone is 2. The van der Waals surface area contributed by atoms with Crippen LogP contribution in [0.2, 0.25) is 0 Å². The summed E-state index contributed by atoms with van der Waals surface area (Å²) < 4.78 is 0. The predicted molar refractivity (Wildman–Crippen MR) is 105 cm³/mol. The largest absolute Gasteiger partial charge is 0.394 e. The van der Waals surface area contributed by atoms with Gasteiger partial charge in [-0.1, -0.05) is 37.3 Å². The van der Waals surface area contributed by atoms with E-state index in [0.29, 0.717) is 0 Å². The van der Waals surface area contributed by atoms with Crippen LogP contribution in [0, 0.1) is 11.3 Å². The molecule has 0 saturated carbocycles. The molecule has 2 aliphatic rings. The fourth-order valence-electron chi connectivity index (χ4n) is 4.22. The van der Waals surface area contributed by atoms with Gasteiger partial charge in [-0.2, -0.15) is 5.26 Å². The Morgan fingerprint density at radius 2 is 2.23 bits per heavy atom. The molecule has 1 aromatic carbocycles. The minimum Gasteiger partial charge on any atom is -0.394 e. The van der Waals surface area contributed by atoms with Gasteiger partial charge < -0.3 is 10.0 Å². The van der Waals surface area contributed by atoms with E-state index in [0.717, 1.165) is 30.1 Å². The third kappa shape index (κ3) is 2.74. The first-order chi connectivity index (χ1) is 12.8. The summed E-state index contributed by atoms with van der Waals surface area (Å²) in [5.74, 6) is 0.0108. The first-order valence-electron chi connectivity index (χ1n) is 9.30. The molecule has 0 spiro atoms. The number of aryl methyl sites for hydroxylation is 1. The number of aliphatic hydroxyl groups is 1. The third-order valence-electron chi connectivity index (χ3n) is 5.56. The van der Waals surface area contributed by atoms with Gasteiger partial charge in [0, 0.05) is 11.3 Å². The average molecular weight is 366 g/mol. The Morgan fingerprint density at radius 1 is 1.38 bits per heavy atom. The third-order valence-corrected chi connectivity index (χ3v) is 6.46. The maximum absolute atomic E-state index is 10.1. The van der Waals surface area contributed by atoms with Crippen molar-refractivity contribution in [2.75, 3.05) is 11.5 Å². The Balaban J connectivity index is 1.70. The molecular formula is C21H23N3OS. The first-order valence-corrected chi connectivity index (χ1v) is 10.2. The van der Waals surface area contributed by atoms with Crippen molar-refractivity contribution in [1.29, 1.82) is 5.26 Å². The Kier molecular flexibility index (Phi) is 4.80. The van der Waals surface area contributed by atoms with E-state index in [2.05, 4.69) is 42.3 Å². The van der Waals surface area contributed by atoms with Crippen molar-refractivity contribution in [2.45, 2.75) is 50.6 Å². The number of nitrogens with zero attached hydrogens (tertiary/aromatic N) is 3. The van der Waals surface area contributed by atoms with Gasteiger partial charge in [0.25, 0.3) is 0 Å². The molecule has 1 fully saturated rings. The number of nitriles is 1. The lowest BCUT2D eigenvalue weighted by atomic mass is 9.73. The number of rotatable bonds is 5. The minimum absolute atomic E-state index is 0.0108. The monoisotopic (exact) mass is 365 g/mol. The number of aromatic nitrogens is 1. The zero-order valence-corrected chi connectivity index (χ0v) is 15.7. The zero-order chi connectivity index (χ0) is 18.1. The SMILES string of the molecule is CCc1csc(N2[C@@H](C#N)[C@@H](c3ccccc3C3=CCCC3)[C@@H]2CO)n1. The summed E-state index contributed by atoms with van der Waals surface area (Å²) in [5, 5.41) is 22.9. The van der Waals surface area contributed by atoms with Crippen LogP contribution in [0.4, 0.5) is 5.13 Å². The highest BCUT2D eigenvalue weighted by molar-refractivity contribution is 7.13. The van der Waals surface area contributed by atoms with E-state index in [1.165, 1.54) is 23.1 Å². The van der Waals surface area contributed by atoms with Crippen LogP contribution in [0.5, 0.6) is 0 Å². The van der Waals surface area contributed by atoms with Crippen molar-refractivity contribution in [3.8, 4) is 6.07 Å². The molecule has 1 aliphatic carbocycles. The van der Waals surface area contributed by atoms with Crippen molar-refractivity contribution < 1.29 is 5.11 Å². The van der Waals surface area contributed by atoms with Crippen LogP contribution >= 0.6 is 11.3 Å². The molecule has 1 aliphatic heterocycles. The fourth-order valence-corrected chi connectivity index (χ4v) is 5.22. The average Bonchev–Trinajstić information content (AvgIpc) is 3.34. The van der Waals surface area contributed by atoms with E-state index < -0.39 is 0 Å². The van der Waals surface area contributed by atoms with E-state index in [1.807, 2.05) is 16.3 Å². The van der Waals surface area contributed by atoms with Gasteiger partial charge >= 0.3 is 0 Å². The van der Waals surface area contributed by atoms with Gasteiger partial charge in [0.15, 0.2) is 5.13 Å². The molecule has 4 rings (SSSR count). The second-order valence-electron chi connectivity index (χ2n) is 6.94. The van der Waals surface area contributed by atoms with Crippen molar-refractivity contribution in [3.05, 3.63) is 52.5 Å². The van der Waals surface area contributed by atoms with Gasteiger partial charge in [-0.25, -0.2) is 4.98 Å². The molecule has 1 aromatic heterocycles. The maximum Gasteiger partial charge on any atom is 0.186 e. The van der Waals surface area contributed by atoms with E-state index >= 15 is 0 Å². The highest BCUT2D eigenvalue weighted by Gasteiger charge is 2.51. The molecule has 3 atom stereocenters. The van der Waals surface area contributed by atoms with Gasteiger partial charge in [-0.05, 0) is 42.4 Å². The number of hydrogen-bond acceptors (Lipinski definition) is 5. The Labute approximate surface area is 158 Å². The fraction of sp³-hybridized carbons (Fsp3) is 0.429. The van der Waals surface area contributed by atoms with Crippen LogP contribution in [0.25, 0.3) is 5.57 Å². The molecule has 2 heterocycles. The minimum atomic E-state index is -0.286. The summed E-state index contributed by atoms with van der Waals surface area (Å²) in [7, 11) is 0. The van der Waals surface area contributed by atoms with E-state index in [4.69, 9.17) is 0 Å². The molecule has 2 aromatic rings. The number of benzene rings is 1. The molecule has 0 radical (unpaired) electrons. The lowest BCUT2D eigenvalue weighted by Crippen LogP contribution is -2.63. The summed E-state index contributed by atoms with van der Waals surface area (Å²) in [4.78, 5) is 6.65. The number of hydrogen-bond donors (Lipinski definition) is 1. The standard InChI is InChI=1S/C21H23N3OS/c1-2-15-13-26-21(23-15)24-18(11-22)20(19(24)12-25)17-10-6-5-9-16(17)14-7-3-4-8-14/h5-7,9-10,13,18-20,25H,2-4,8,12H2,1H3/t18-,19-,20+/m0/s1. The van der Waals surface area contributed by atoms with Crippen LogP contribution in [0.3, 0.4) is 0 Å². The number of thiazole rings is 1. The van der Waals surface area contributed by atoms with E-state index in [-0.39, 0.29) is 24.6 Å². The number of anilines is 1. The summed E-state index contributed by atoms with van der Waals surface area (Å²) in [6, 6.07) is 10.5. The van der Waals surface area contributed by atoms with Crippen LogP contribution in [0.15, 0.2) is 35.7 Å². The van der Waals surface area contributed by atoms with Gasteiger partial charge in [-0.3, -0.25) is 0 Å². The quantitative estimate of drug-likeness (QED) is 0.865. The predicted octanol–water partition coefficient (Wildman–Crippen LogP) is 4.13. The maximum atomic E-state index is 10.1. The molecule has 26 heavy (non-hydrogen) atoms. The topological polar surface area (TPSA) is 60.2 Å². The van der Waals surface area contributed by atoms with E-state index in [1.54, 1.807) is 11.3 Å². The summed E-state index contributed by atoms with van der Waals surface area (Å²) in [6.07, 6.45) is 6.63. The summed E-state index contributed by atoms with van der Waals surface area (Å²) in [6.45, 7) is 2.10. The lowest BCUT2D eigenvalue weighted by molar-refractivity contribution is 0.187. The Morgan fingerprint density at radius 3 is 2.88 bits per heavy atom. The van der Waals surface area contributed by atoms with Crippen LogP contribution in [-0.2, 0) is 6.42 Å². The summed E-state index contributed by atoms with van der Waals surface area (Å²) >= 11 is 1.56. The molecule has 1 N–H and O–H groups in total. The lowest BCUT2D eigenvalue weighted by Gasteiger charge is -2.52. The molecule has 4 nitrogen and oxygen atoms in total. The smallest absolute Gasteiger partial charge is 0.186 e. The first kappa shape index (κ1) is 17.3. The number of aliphatic hydroxyl groups excluding tert-OH is 1. The van der Waals surface area contributed by atoms with Gasteiger partial charge in [0.1, 0.15) is 6.04 Å². The molecule has 134 valence electrons. The molecule has 1 saturated heterocycles. The van der Waals surface area contributed by atoms with Gasteiger partial charge in [0.2, 0.25) is 0 Å². The molecule has 5 heteroatoms. The zero-order valence-electron chi connectivity index (χ0n) is 14.9. The van der Waals surface area contributed by atoms with Crippen LogP contribution in [-0.4, -0.2) is 28.8 Å². The van der Waals surface area contributed by atoms with E-state index in [9.17, 15) is 10.4 Å². The second-order valence-corrected chi connectivity index (χ2v) is 7.78. The van der Waals surface area contributed by atoms with Crippen LogP contribution < -0.4 is 4.90 Å². The normalized spacial score (nSPS) is 24.9. The molecule has 0 amide bonds. The van der Waals surface area contributed by atoms with Crippen LogP contribution in [0.1, 0.15) is 48.9 Å². The Bertz CT molecular complexity index is 866. The Hall–Kier alpha value is -2.16. The molecular weight excluding hydrogens is 342 g/mol. The highest BCUT2D eigenvalue weighted by atomic mass is 32.1.